The van der Waals surface area contributed by atoms with Crippen molar-refractivity contribution in [2.45, 2.75) is 32.4 Å². The quantitative estimate of drug-likeness (QED) is 0.663. The minimum atomic E-state index is -1.03. The van der Waals surface area contributed by atoms with Crippen LogP contribution in [0.1, 0.15) is 31.1 Å². The summed E-state index contributed by atoms with van der Waals surface area (Å²) in [6.45, 7) is 5.01. The fraction of sp³-hybridized carbons (Fsp3) is 0.278. The first kappa shape index (κ1) is 16.9. The van der Waals surface area contributed by atoms with Crippen molar-refractivity contribution in [3.05, 3.63) is 48.3 Å². The Morgan fingerprint density at radius 2 is 2.04 bits per heavy atom. The number of ether oxygens (including phenoxy) is 1. The van der Waals surface area contributed by atoms with Crippen molar-refractivity contribution in [1.82, 2.24) is 20.3 Å². The third-order valence-corrected chi connectivity index (χ3v) is 3.98. The van der Waals surface area contributed by atoms with Crippen molar-refractivity contribution in [1.29, 1.82) is 0 Å². The molecule has 130 valence electrons. The number of para-hydroxylation sites is 1. The molecule has 0 bridgehead atoms. The van der Waals surface area contributed by atoms with E-state index in [0.717, 1.165) is 0 Å². The van der Waals surface area contributed by atoms with Crippen molar-refractivity contribution < 1.29 is 14.6 Å². The molecule has 1 aromatic carbocycles. The van der Waals surface area contributed by atoms with Crippen LogP contribution in [-0.4, -0.2) is 37.6 Å². The summed E-state index contributed by atoms with van der Waals surface area (Å²) in [7, 11) is 0. The zero-order valence-electron chi connectivity index (χ0n) is 14.3. The summed E-state index contributed by atoms with van der Waals surface area (Å²) in [4.78, 5) is 24.0. The van der Waals surface area contributed by atoms with Crippen molar-refractivity contribution in [2.75, 3.05) is 0 Å². The summed E-state index contributed by atoms with van der Waals surface area (Å²) >= 11 is 0. The van der Waals surface area contributed by atoms with Crippen LogP contribution in [0.15, 0.2) is 42.7 Å². The van der Waals surface area contributed by atoms with Gasteiger partial charge in [0, 0.05) is 6.20 Å². The first-order chi connectivity index (χ1) is 11.8. The van der Waals surface area contributed by atoms with Gasteiger partial charge in [-0.2, -0.15) is 0 Å². The number of hydrogen-bond donors (Lipinski definition) is 3. The van der Waals surface area contributed by atoms with Crippen molar-refractivity contribution >= 4 is 17.1 Å². The van der Waals surface area contributed by atoms with Crippen LogP contribution in [-0.2, 0) is 0 Å². The van der Waals surface area contributed by atoms with E-state index in [9.17, 15) is 9.90 Å². The zero-order chi connectivity index (χ0) is 18.0. The smallest absolute Gasteiger partial charge is 0.255 e. The molecule has 25 heavy (non-hydrogen) atoms. The van der Waals surface area contributed by atoms with Gasteiger partial charge in [-0.25, -0.2) is 9.97 Å². The maximum atomic E-state index is 12.5. The van der Waals surface area contributed by atoms with E-state index in [2.05, 4.69) is 20.3 Å². The second-order valence-electron chi connectivity index (χ2n) is 6.37. The molecule has 0 spiro atoms. The first-order valence-corrected chi connectivity index (χ1v) is 7.95. The molecule has 0 aliphatic rings. The van der Waals surface area contributed by atoms with E-state index in [1.165, 1.54) is 6.20 Å². The highest BCUT2D eigenvalue weighted by molar-refractivity contribution is 6.04. The van der Waals surface area contributed by atoms with Gasteiger partial charge in [0.1, 0.15) is 11.3 Å². The molecule has 3 rings (SSSR count). The SMILES string of the molecule is CC(NC(=O)c1c[nH]c2ncc(Oc3ccccc3)nc12)C(C)(C)O. The van der Waals surface area contributed by atoms with E-state index in [-0.39, 0.29) is 5.91 Å². The molecule has 3 aromatic rings. The number of aromatic nitrogens is 3. The Morgan fingerprint density at radius 1 is 1.32 bits per heavy atom. The fourth-order valence-electron chi connectivity index (χ4n) is 2.16. The van der Waals surface area contributed by atoms with Crippen LogP contribution in [0.25, 0.3) is 11.2 Å². The van der Waals surface area contributed by atoms with Gasteiger partial charge in [0.05, 0.1) is 23.4 Å². The minimum Gasteiger partial charge on any atom is -0.437 e. The minimum absolute atomic E-state index is 0.294. The maximum Gasteiger partial charge on any atom is 0.255 e. The molecule has 0 fully saturated rings. The Labute approximate surface area is 145 Å². The van der Waals surface area contributed by atoms with Crippen molar-refractivity contribution in [3.8, 4) is 11.6 Å². The predicted octanol–water partition coefficient (Wildman–Crippen LogP) is 2.64. The first-order valence-electron chi connectivity index (χ1n) is 7.95. The molecule has 0 saturated heterocycles. The zero-order valence-corrected chi connectivity index (χ0v) is 14.3. The third-order valence-electron chi connectivity index (χ3n) is 3.98. The van der Waals surface area contributed by atoms with E-state index in [1.807, 2.05) is 30.3 Å². The molecule has 7 heteroatoms. The normalized spacial score (nSPS) is 12.8. The van der Waals surface area contributed by atoms with Crippen LogP contribution in [0.2, 0.25) is 0 Å². The lowest BCUT2D eigenvalue weighted by molar-refractivity contribution is 0.0409. The number of fused-ring (bicyclic) bond motifs is 1. The van der Waals surface area contributed by atoms with Gasteiger partial charge in [0.15, 0.2) is 5.65 Å². The predicted molar refractivity (Wildman–Crippen MR) is 93.6 cm³/mol. The highest BCUT2D eigenvalue weighted by Crippen LogP contribution is 2.22. The molecule has 0 aliphatic heterocycles. The van der Waals surface area contributed by atoms with E-state index < -0.39 is 11.6 Å². The Balaban J connectivity index is 1.87. The fourth-order valence-corrected chi connectivity index (χ4v) is 2.16. The molecule has 0 saturated carbocycles. The van der Waals surface area contributed by atoms with Crippen LogP contribution in [0.3, 0.4) is 0 Å². The molecule has 1 unspecified atom stereocenters. The monoisotopic (exact) mass is 340 g/mol. The molecule has 3 N–H and O–H groups in total. The van der Waals surface area contributed by atoms with E-state index in [0.29, 0.717) is 28.4 Å². The van der Waals surface area contributed by atoms with Gasteiger partial charge < -0.3 is 20.1 Å². The number of aromatic amines is 1. The maximum absolute atomic E-state index is 12.5. The van der Waals surface area contributed by atoms with Gasteiger partial charge in [-0.3, -0.25) is 4.79 Å². The summed E-state index contributed by atoms with van der Waals surface area (Å²) in [5.74, 6) is 0.586. The lowest BCUT2D eigenvalue weighted by Crippen LogP contribution is -2.47. The number of hydrogen-bond acceptors (Lipinski definition) is 5. The number of amides is 1. The largest absolute Gasteiger partial charge is 0.437 e. The molecular formula is C18H20N4O3. The molecule has 7 nitrogen and oxygen atoms in total. The second kappa shape index (κ2) is 6.52. The average Bonchev–Trinajstić information content (AvgIpc) is 2.98. The number of benzene rings is 1. The van der Waals surface area contributed by atoms with Gasteiger partial charge in [-0.1, -0.05) is 18.2 Å². The highest BCUT2D eigenvalue weighted by atomic mass is 16.5. The molecular weight excluding hydrogens is 320 g/mol. The summed E-state index contributed by atoms with van der Waals surface area (Å²) in [5.41, 5.74) is 0.210. The molecule has 2 aromatic heterocycles. The Hall–Kier alpha value is -2.93. The Kier molecular flexibility index (Phi) is 4.41. The lowest BCUT2D eigenvalue weighted by Gasteiger charge is -2.26. The van der Waals surface area contributed by atoms with Gasteiger partial charge >= 0.3 is 0 Å². The van der Waals surface area contributed by atoms with Gasteiger partial charge in [-0.15, -0.1) is 0 Å². The number of H-pyrrole nitrogens is 1. The highest BCUT2D eigenvalue weighted by Gasteiger charge is 2.25. The van der Waals surface area contributed by atoms with Gasteiger partial charge in [0.2, 0.25) is 5.88 Å². The van der Waals surface area contributed by atoms with Gasteiger partial charge in [0.25, 0.3) is 5.91 Å². The van der Waals surface area contributed by atoms with Gasteiger partial charge in [-0.05, 0) is 32.9 Å². The number of carbonyl (C=O) groups excluding carboxylic acids is 1. The van der Waals surface area contributed by atoms with E-state index in [4.69, 9.17) is 4.74 Å². The number of rotatable bonds is 5. The number of carbonyl (C=O) groups is 1. The Bertz CT molecular complexity index is 884. The third kappa shape index (κ3) is 3.77. The summed E-state index contributed by atoms with van der Waals surface area (Å²) in [6.07, 6.45) is 3.04. The number of nitrogens with one attached hydrogen (secondary N) is 2. The second-order valence-corrected chi connectivity index (χ2v) is 6.37. The van der Waals surface area contributed by atoms with Crippen LogP contribution in [0.5, 0.6) is 11.6 Å². The summed E-state index contributed by atoms with van der Waals surface area (Å²) in [5, 5.41) is 12.7. The van der Waals surface area contributed by atoms with E-state index in [1.54, 1.807) is 27.0 Å². The standard InChI is InChI=1S/C18H20N4O3/c1-11(18(2,3)24)21-17(23)13-9-19-16-15(13)22-14(10-20-16)25-12-7-5-4-6-8-12/h4-11,24H,1-3H3,(H,19,20)(H,21,23). The number of nitrogens with zero attached hydrogens (tertiary/aromatic N) is 2. The topological polar surface area (TPSA) is 100 Å². The van der Waals surface area contributed by atoms with Crippen molar-refractivity contribution in [2.24, 2.45) is 0 Å². The number of aliphatic hydroxyl groups is 1. The average molecular weight is 340 g/mol. The summed E-state index contributed by atoms with van der Waals surface area (Å²) < 4.78 is 5.67. The van der Waals surface area contributed by atoms with Crippen LogP contribution < -0.4 is 10.1 Å². The van der Waals surface area contributed by atoms with Crippen LogP contribution in [0.4, 0.5) is 0 Å². The Morgan fingerprint density at radius 3 is 2.72 bits per heavy atom. The van der Waals surface area contributed by atoms with E-state index >= 15 is 0 Å². The molecule has 1 amide bonds. The molecule has 0 aliphatic carbocycles. The van der Waals surface area contributed by atoms with Crippen LogP contribution >= 0.6 is 0 Å². The molecule has 2 heterocycles. The lowest BCUT2D eigenvalue weighted by atomic mass is 10.0. The van der Waals surface area contributed by atoms with Crippen LogP contribution in [0, 0.1) is 0 Å². The molecule has 0 radical (unpaired) electrons. The summed E-state index contributed by atoms with van der Waals surface area (Å²) in [6, 6.07) is 8.79. The van der Waals surface area contributed by atoms with Crippen molar-refractivity contribution in [3.63, 3.8) is 0 Å². The molecule has 1 atom stereocenters.